The lowest BCUT2D eigenvalue weighted by molar-refractivity contribution is -0.910. The zero-order chi connectivity index (χ0) is 10.5. The molecular formula is C12H18NS2+. The zero-order valence-corrected chi connectivity index (χ0v) is 10.8. The summed E-state index contributed by atoms with van der Waals surface area (Å²) in [6, 6.07) is 9.03. The SMILES string of the molecule is CSc1ccc(C[NH+]2CCSCC2)cc1. The van der Waals surface area contributed by atoms with Crippen LogP contribution in [0.2, 0.25) is 0 Å². The van der Waals surface area contributed by atoms with Gasteiger partial charge < -0.3 is 4.90 Å². The van der Waals surface area contributed by atoms with E-state index in [1.54, 1.807) is 4.90 Å². The predicted molar refractivity (Wildman–Crippen MR) is 69.9 cm³/mol. The van der Waals surface area contributed by atoms with Gasteiger partial charge in [0.2, 0.25) is 0 Å². The first-order chi connectivity index (χ1) is 7.38. The molecule has 1 aromatic rings. The first-order valence-corrected chi connectivity index (χ1v) is 7.80. The third-order valence-corrected chi connectivity index (χ3v) is 4.54. The van der Waals surface area contributed by atoms with Crippen molar-refractivity contribution in [2.45, 2.75) is 11.4 Å². The lowest BCUT2D eigenvalue weighted by Crippen LogP contribution is -3.12. The van der Waals surface area contributed by atoms with Crippen LogP contribution < -0.4 is 4.90 Å². The van der Waals surface area contributed by atoms with Crippen LogP contribution in [0.4, 0.5) is 0 Å². The number of rotatable bonds is 3. The van der Waals surface area contributed by atoms with Crippen molar-refractivity contribution in [3.63, 3.8) is 0 Å². The van der Waals surface area contributed by atoms with Crippen LogP contribution in [0.3, 0.4) is 0 Å². The maximum Gasteiger partial charge on any atom is 0.103 e. The maximum absolute atomic E-state index is 2.28. The Hall–Kier alpha value is -0.120. The largest absolute Gasteiger partial charge is 0.330 e. The van der Waals surface area contributed by atoms with Gasteiger partial charge in [0.05, 0.1) is 13.1 Å². The molecule has 1 heterocycles. The fraction of sp³-hybridized carbons (Fsp3) is 0.500. The predicted octanol–water partition coefficient (Wildman–Crippen LogP) is 1.54. The molecule has 1 nitrogen and oxygen atoms in total. The summed E-state index contributed by atoms with van der Waals surface area (Å²) in [7, 11) is 0. The molecular weight excluding hydrogens is 222 g/mol. The molecule has 0 saturated carbocycles. The molecule has 0 radical (unpaired) electrons. The van der Waals surface area contributed by atoms with E-state index < -0.39 is 0 Å². The van der Waals surface area contributed by atoms with Gasteiger partial charge >= 0.3 is 0 Å². The second-order valence-electron chi connectivity index (χ2n) is 3.89. The van der Waals surface area contributed by atoms with E-state index in [2.05, 4.69) is 42.3 Å². The summed E-state index contributed by atoms with van der Waals surface area (Å²) in [6.07, 6.45) is 2.13. The highest BCUT2D eigenvalue weighted by atomic mass is 32.2. The van der Waals surface area contributed by atoms with E-state index in [0.717, 1.165) is 0 Å². The van der Waals surface area contributed by atoms with Crippen molar-refractivity contribution in [3.8, 4) is 0 Å². The molecule has 3 heteroatoms. The van der Waals surface area contributed by atoms with Crippen molar-refractivity contribution in [1.82, 2.24) is 0 Å². The van der Waals surface area contributed by atoms with Gasteiger partial charge in [0, 0.05) is 22.0 Å². The van der Waals surface area contributed by atoms with Crippen LogP contribution in [-0.4, -0.2) is 30.9 Å². The second-order valence-corrected chi connectivity index (χ2v) is 5.99. The van der Waals surface area contributed by atoms with Gasteiger partial charge in [0.1, 0.15) is 6.54 Å². The Bertz CT molecular complexity index is 291. The highest BCUT2D eigenvalue weighted by molar-refractivity contribution is 7.99. The summed E-state index contributed by atoms with van der Waals surface area (Å²) in [4.78, 5) is 3.11. The fourth-order valence-electron chi connectivity index (χ4n) is 1.87. The summed E-state index contributed by atoms with van der Waals surface area (Å²) < 4.78 is 0. The molecule has 82 valence electrons. The Labute approximate surface area is 101 Å². The molecule has 1 aliphatic heterocycles. The smallest absolute Gasteiger partial charge is 0.103 e. The summed E-state index contributed by atoms with van der Waals surface area (Å²) >= 11 is 3.90. The van der Waals surface area contributed by atoms with Gasteiger partial charge in [0.15, 0.2) is 0 Å². The molecule has 0 unspecified atom stereocenters. The topological polar surface area (TPSA) is 4.44 Å². The van der Waals surface area contributed by atoms with Gasteiger partial charge in [-0.15, -0.1) is 11.8 Å². The summed E-state index contributed by atoms with van der Waals surface area (Å²) in [6.45, 7) is 3.86. The summed E-state index contributed by atoms with van der Waals surface area (Å²) in [5.74, 6) is 2.66. The van der Waals surface area contributed by atoms with Gasteiger partial charge in [-0.3, -0.25) is 0 Å². The number of nitrogens with one attached hydrogen (secondary N) is 1. The Morgan fingerprint density at radius 2 is 1.87 bits per heavy atom. The number of benzene rings is 1. The minimum atomic E-state index is 1.20. The molecule has 1 aromatic carbocycles. The number of hydrogen-bond acceptors (Lipinski definition) is 2. The van der Waals surface area contributed by atoms with Crippen LogP contribution in [0.15, 0.2) is 29.2 Å². The number of thioether (sulfide) groups is 2. The molecule has 1 saturated heterocycles. The minimum absolute atomic E-state index is 1.20. The molecule has 1 N–H and O–H groups in total. The molecule has 1 fully saturated rings. The van der Waals surface area contributed by atoms with Crippen molar-refractivity contribution in [3.05, 3.63) is 29.8 Å². The number of hydrogen-bond donors (Lipinski definition) is 1. The van der Waals surface area contributed by atoms with Gasteiger partial charge in [-0.05, 0) is 18.4 Å². The van der Waals surface area contributed by atoms with E-state index in [1.165, 1.54) is 41.6 Å². The third-order valence-electron chi connectivity index (χ3n) is 2.81. The molecule has 15 heavy (non-hydrogen) atoms. The number of quaternary nitrogens is 1. The third kappa shape index (κ3) is 3.44. The van der Waals surface area contributed by atoms with E-state index in [4.69, 9.17) is 0 Å². The van der Waals surface area contributed by atoms with Crippen molar-refractivity contribution in [1.29, 1.82) is 0 Å². The molecule has 0 spiro atoms. The molecule has 0 amide bonds. The molecule has 0 aromatic heterocycles. The summed E-state index contributed by atoms with van der Waals surface area (Å²) in [5, 5.41) is 0. The van der Waals surface area contributed by atoms with Crippen molar-refractivity contribution < 1.29 is 4.90 Å². The van der Waals surface area contributed by atoms with Gasteiger partial charge in [0.25, 0.3) is 0 Å². The summed E-state index contributed by atoms with van der Waals surface area (Å²) in [5.41, 5.74) is 1.48. The van der Waals surface area contributed by atoms with Crippen molar-refractivity contribution >= 4 is 23.5 Å². The van der Waals surface area contributed by atoms with Gasteiger partial charge in [-0.25, -0.2) is 0 Å². The zero-order valence-electron chi connectivity index (χ0n) is 9.16. The first-order valence-electron chi connectivity index (χ1n) is 5.43. The Morgan fingerprint density at radius 3 is 2.47 bits per heavy atom. The quantitative estimate of drug-likeness (QED) is 0.799. The Balaban J connectivity index is 1.91. The highest BCUT2D eigenvalue weighted by Gasteiger charge is 2.13. The van der Waals surface area contributed by atoms with Crippen LogP contribution in [0.5, 0.6) is 0 Å². The van der Waals surface area contributed by atoms with Crippen LogP contribution in [0.25, 0.3) is 0 Å². The molecule has 0 aliphatic carbocycles. The van der Waals surface area contributed by atoms with E-state index in [0.29, 0.717) is 0 Å². The molecule has 1 aliphatic rings. The fourth-order valence-corrected chi connectivity index (χ4v) is 3.35. The van der Waals surface area contributed by atoms with Gasteiger partial charge in [-0.2, -0.15) is 11.8 Å². The molecule has 0 atom stereocenters. The standard InChI is InChI=1S/C12H17NS2/c1-14-12-4-2-11(3-5-12)10-13-6-8-15-9-7-13/h2-5H,6-10H2,1H3/p+1. The average Bonchev–Trinajstić information content (AvgIpc) is 2.31. The van der Waals surface area contributed by atoms with Crippen LogP contribution in [-0.2, 0) is 6.54 Å². The molecule has 2 rings (SSSR count). The lowest BCUT2D eigenvalue weighted by Gasteiger charge is -2.23. The second kappa shape index (κ2) is 5.83. The van der Waals surface area contributed by atoms with E-state index >= 15 is 0 Å². The maximum atomic E-state index is 2.28. The van der Waals surface area contributed by atoms with Crippen molar-refractivity contribution in [2.75, 3.05) is 30.9 Å². The van der Waals surface area contributed by atoms with E-state index in [-0.39, 0.29) is 0 Å². The molecule has 0 bridgehead atoms. The first kappa shape index (κ1) is 11.4. The van der Waals surface area contributed by atoms with E-state index in [1.807, 2.05) is 11.8 Å². The minimum Gasteiger partial charge on any atom is -0.330 e. The van der Waals surface area contributed by atoms with E-state index in [9.17, 15) is 0 Å². The highest BCUT2D eigenvalue weighted by Crippen LogP contribution is 2.14. The van der Waals surface area contributed by atoms with Crippen LogP contribution in [0.1, 0.15) is 5.56 Å². The van der Waals surface area contributed by atoms with Gasteiger partial charge in [-0.1, -0.05) is 12.1 Å². The normalized spacial score (nSPS) is 17.9. The van der Waals surface area contributed by atoms with Crippen LogP contribution >= 0.6 is 23.5 Å². The Kier molecular flexibility index (Phi) is 4.42. The van der Waals surface area contributed by atoms with Crippen molar-refractivity contribution in [2.24, 2.45) is 0 Å². The van der Waals surface area contributed by atoms with Crippen LogP contribution in [0, 0.1) is 0 Å². The lowest BCUT2D eigenvalue weighted by atomic mass is 10.2. The average molecular weight is 240 g/mol. The monoisotopic (exact) mass is 240 g/mol. The Morgan fingerprint density at radius 1 is 1.20 bits per heavy atom.